The monoisotopic (exact) mass is 550 g/mol. The standard InChI is InChI=1S/C25H31ClN4O4S2/c1-5-7-8-13-33-17-11-9-16(10-12-17)21-19(6-2)28-23(34-21)20-14-18(26)22(35-20)25(3)15-36(31,32)30(4)24(27)29-25/h9-12,14H,5-8,13,15H2,1-4H3,(H2,27,29). The smallest absolute Gasteiger partial charge is 0.239 e. The molecular weight excluding hydrogens is 520 g/mol. The highest BCUT2D eigenvalue weighted by molar-refractivity contribution is 7.89. The molecule has 36 heavy (non-hydrogen) atoms. The fourth-order valence-corrected chi connectivity index (χ4v) is 7.16. The number of halogens is 1. The van der Waals surface area contributed by atoms with Crippen molar-refractivity contribution >= 4 is 38.9 Å². The second-order valence-corrected chi connectivity index (χ2v) is 12.4. The molecule has 8 nitrogen and oxygen atoms in total. The maximum absolute atomic E-state index is 12.6. The van der Waals surface area contributed by atoms with Crippen LogP contribution in [0.1, 0.15) is 50.6 Å². The third-order valence-corrected chi connectivity index (χ3v) is 9.85. The summed E-state index contributed by atoms with van der Waals surface area (Å²) in [4.78, 5) is 10.5. The quantitative estimate of drug-likeness (QED) is 0.344. The van der Waals surface area contributed by atoms with E-state index in [2.05, 4.69) is 11.9 Å². The lowest BCUT2D eigenvalue weighted by Gasteiger charge is -2.33. The summed E-state index contributed by atoms with van der Waals surface area (Å²) >= 11 is 7.89. The number of ether oxygens (including phenoxy) is 1. The Morgan fingerprint density at radius 3 is 2.61 bits per heavy atom. The Morgan fingerprint density at radius 1 is 1.25 bits per heavy atom. The number of aromatic nitrogens is 1. The summed E-state index contributed by atoms with van der Waals surface area (Å²) in [7, 11) is -2.23. The second-order valence-electron chi connectivity index (χ2n) is 8.98. The number of hydrogen-bond acceptors (Lipinski definition) is 8. The van der Waals surface area contributed by atoms with E-state index in [1.165, 1.54) is 18.4 Å². The third kappa shape index (κ3) is 5.26. The van der Waals surface area contributed by atoms with E-state index in [4.69, 9.17) is 31.5 Å². The van der Waals surface area contributed by atoms with Gasteiger partial charge in [0, 0.05) is 12.6 Å². The van der Waals surface area contributed by atoms with Gasteiger partial charge in [-0.2, -0.15) is 0 Å². The Labute approximate surface area is 221 Å². The van der Waals surface area contributed by atoms with Gasteiger partial charge in [-0.25, -0.2) is 22.7 Å². The van der Waals surface area contributed by atoms with E-state index < -0.39 is 15.6 Å². The zero-order valence-corrected chi connectivity index (χ0v) is 23.3. The first-order valence-corrected chi connectivity index (χ1v) is 14.7. The van der Waals surface area contributed by atoms with Crippen molar-refractivity contribution in [3.05, 3.63) is 45.9 Å². The number of aliphatic imine (C=N–C) groups is 1. The van der Waals surface area contributed by atoms with Crippen molar-refractivity contribution in [3.8, 4) is 27.8 Å². The predicted octanol–water partition coefficient (Wildman–Crippen LogP) is 5.66. The maximum Gasteiger partial charge on any atom is 0.239 e. The van der Waals surface area contributed by atoms with Crippen molar-refractivity contribution in [1.82, 2.24) is 9.29 Å². The molecule has 0 spiro atoms. The average molecular weight is 551 g/mol. The molecule has 1 aliphatic heterocycles. The molecule has 1 unspecified atom stereocenters. The highest BCUT2D eigenvalue weighted by Gasteiger charge is 2.42. The summed E-state index contributed by atoms with van der Waals surface area (Å²) in [6.07, 6.45) is 4.03. The molecule has 194 valence electrons. The number of benzene rings is 1. The van der Waals surface area contributed by atoms with Gasteiger partial charge in [-0.1, -0.05) is 38.3 Å². The number of rotatable bonds is 9. The largest absolute Gasteiger partial charge is 0.494 e. The van der Waals surface area contributed by atoms with E-state index in [1.807, 2.05) is 31.2 Å². The molecule has 2 N–H and O–H groups in total. The van der Waals surface area contributed by atoms with Crippen molar-refractivity contribution in [2.45, 2.75) is 52.0 Å². The van der Waals surface area contributed by atoms with Crippen molar-refractivity contribution in [1.29, 1.82) is 0 Å². The van der Waals surface area contributed by atoms with Gasteiger partial charge in [0.2, 0.25) is 21.9 Å². The molecule has 3 aromatic rings. The topological polar surface area (TPSA) is 111 Å². The van der Waals surface area contributed by atoms with Crippen LogP contribution in [0.5, 0.6) is 5.75 Å². The van der Waals surface area contributed by atoms with Crippen LogP contribution in [0.2, 0.25) is 5.02 Å². The first kappa shape index (κ1) is 26.5. The van der Waals surface area contributed by atoms with Crippen LogP contribution in [-0.4, -0.2) is 43.1 Å². The van der Waals surface area contributed by atoms with Crippen molar-refractivity contribution in [3.63, 3.8) is 0 Å². The highest BCUT2D eigenvalue weighted by Crippen LogP contribution is 2.45. The van der Waals surface area contributed by atoms with Gasteiger partial charge >= 0.3 is 0 Å². The Kier molecular flexibility index (Phi) is 7.68. The number of guanidine groups is 1. The third-order valence-electron chi connectivity index (χ3n) is 6.12. The second kappa shape index (κ2) is 10.4. The SMILES string of the molecule is CCCCCOc1ccc(-c2oc(-c3cc(Cl)c(C4(C)CS(=O)(=O)N(C)C(N)=N4)s3)nc2CC)cc1. The van der Waals surface area contributed by atoms with Crippen LogP contribution in [0.15, 0.2) is 39.7 Å². The molecule has 11 heteroatoms. The lowest BCUT2D eigenvalue weighted by atomic mass is 10.0. The van der Waals surface area contributed by atoms with Crippen LogP contribution >= 0.6 is 22.9 Å². The van der Waals surface area contributed by atoms with Gasteiger partial charge in [0.25, 0.3) is 0 Å². The molecule has 1 aromatic carbocycles. The Hall–Kier alpha value is -2.56. The van der Waals surface area contributed by atoms with Crippen LogP contribution in [-0.2, 0) is 22.0 Å². The zero-order chi connectivity index (χ0) is 26.1. The molecule has 2 aromatic heterocycles. The Morgan fingerprint density at radius 2 is 1.97 bits per heavy atom. The van der Waals surface area contributed by atoms with Gasteiger partial charge in [-0.3, -0.25) is 0 Å². The summed E-state index contributed by atoms with van der Waals surface area (Å²) in [6, 6.07) is 9.55. The minimum atomic E-state index is -3.62. The van der Waals surface area contributed by atoms with Gasteiger partial charge in [-0.05, 0) is 50.1 Å². The lowest BCUT2D eigenvalue weighted by Crippen LogP contribution is -2.50. The molecule has 0 bridgehead atoms. The molecule has 1 aliphatic rings. The molecule has 0 fully saturated rings. The van der Waals surface area contributed by atoms with E-state index in [9.17, 15) is 8.42 Å². The van der Waals surface area contributed by atoms with Crippen LogP contribution in [0.4, 0.5) is 0 Å². The summed E-state index contributed by atoms with van der Waals surface area (Å²) in [5.41, 5.74) is 6.53. The molecule has 1 atom stereocenters. The molecular formula is C25H31ClN4O4S2. The van der Waals surface area contributed by atoms with Crippen molar-refractivity contribution < 1.29 is 17.6 Å². The zero-order valence-electron chi connectivity index (χ0n) is 20.9. The average Bonchev–Trinajstić information content (AvgIpc) is 3.44. The fraction of sp³-hybridized carbons (Fsp3) is 0.440. The van der Waals surface area contributed by atoms with Gasteiger partial charge in [0.1, 0.15) is 11.3 Å². The van der Waals surface area contributed by atoms with Crippen LogP contribution in [0, 0.1) is 0 Å². The normalized spacial score (nSPS) is 19.4. The van der Waals surface area contributed by atoms with Gasteiger partial charge in [0.15, 0.2) is 5.76 Å². The number of thiophene rings is 1. The van der Waals surface area contributed by atoms with E-state index in [0.29, 0.717) is 39.5 Å². The number of nitrogens with two attached hydrogens (primary N) is 1. The van der Waals surface area contributed by atoms with Crippen LogP contribution in [0.25, 0.3) is 22.1 Å². The summed E-state index contributed by atoms with van der Waals surface area (Å²) in [5.74, 6) is 1.63. The van der Waals surface area contributed by atoms with Gasteiger partial charge in [0.05, 0.1) is 32.8 Å². The number of nitrogens with zero attached hydrogens (tertiary/aromatic N) is 3. The van der Waals surface area contributed by atoms with Crippen LogP contribution < -0.4 is 10.5 Å². The summed E-state index contributed by atoms with van der Waals surface area (Å²) in [6.45, 7) is 6.61. The molecule has 0 amide bonds. The van der Waals surface area contributed by atoms with Crippen molar-refractivity contribution in [2.75, 3.05) is 19.4 Å². The first-order chi connectivity index (χ1) is 17.1. The number of sulfonamides is 1. The van der Waals surface area contributed by atoms with Crippen molar-refractivity contribution in [2.24, 2.45) is 10.7 Å². The minimum absolute atomic E-state index is 0.0702. The van der Waals surface area contributed by atoms with Crippen LogP contribution in [0.3, 0.4) is 0 Å². The molecule has 0 saturated heterocycles. The predicted molar refractivity (Wildman–Crippen MR) is 145 cm³/mol. The summed E-state index contributed by atoms with van der Waals surface area (Å²) < 4.78 is 38.2. The van der Waals surface area contributed by atoms with E-state index in [0.717, 1.165) is 40.6 Å². The molecule has 0 saturated carbocycles. The number of aryl methyl sites for hydroxylation is 1. The maximum atomic E-state index is 12.6. The van der Waals surface area contributed by atoms with Gasteiger partial charge < -0.3 is 14.9 Å². The number of unbranched alkanes of at least 4 members (excludes halogenated alkanes) is 2. The van der Waals surface area contributed by atoms with E-state index >= 15 is 0 Å². The van der Waals surface area contributed by atoms with E-state index in [1.54, 1.807) is 13.0 Å². The summed E-state index contributed by atoms with van der Waals surface area (Å²) in [5, 5.41) is 0.399. The minimum Gasteiger partial charge on any atom is -0.494 e. The lowest BCUT2D eigenvalue weighted by molar-refractivity contribution is 0.306. The Bertz CT molecular complexity index is 1370. The number of oxazole rings is 1. The first-order valence-electron chi connectivity index (χ1n) is 11.9. The molecule has 0 aliphatic carbocycles. The van der Waals surface area contributed by atoms with Gasteiger partial charge in [-0.15, -0.1) is 11.3 Å². The molecule has 0 radical (unpaired) electrons. The fourth-order valence-electron chi connectivity index (χ4n) is 4.07. The van der Waals surface area contributed by atoms with E-state index in [-0.39, 0.29) is 11.7 Å². The highest BCUT2D eigenvalue weighted by atomic mass is 35.5. The Balaban J connectivity index is 1.62. The molecule has 3 heterocycles. The number of hydrogen-bond donors (Lipinski definition) is 1. The molecule has 4 rings (SSSR count).